The van der Waals surface area contributed by atoms with Crippen molar-refractivity contribution in [3.05, 3.63) is 24.2 Å². The van der Waals surface area contributed by atoms with Crippen LogP contribution in [-0.4, -0.2) is 22.8 Å². The lowest BCUT2D eigenvalue weighted by atomic mass is 9.44. The van der Waals surface area contributed by atoms with Crippen molar-refractivity contribution in [2.24, 2.45) is 22.7 Å². The van der Waals surface area contributed by atoms with Crippen LogP contribution in [0.5, 0.6) is 0 Å². The van der Waals surface area contributed by atoms with Crippen molar-refractivity contribution in [3.8, 4) is 0 Å². The molecule has 1 N–H and O–H groups in total. The summed E-state index contributed by atoms with van der Waals surface area (Å²) in [6, 6.07) is 1.97. The van der Waals surface area contributed by atoms with Crippen LogP contribution in [0, 0.1) is 22.7 Å². The Morgan fingerprint density at radius 3 is 2.83 bits per heavy atom. The number of aliphatic hydroxyl groups is 1. The van der Waals surface area contributed by atoms with Gasteiger partial charge in [0, 0.05) is 11.3 Å². The molecule has 1 aromatic rings. The summed E-state index contributed by atoms with van der Waals surface area (Å²) >= 11 is 0. The van der Waals surface area contributed by atoms with Crippen LogP contribution in [-0.2, 0) is 16.0 Å². The predicted octanol–water partition coefficient (Wildman–Crippen LogP) is 3.72. The van der Waals surface area contributed by atoms with Crippen LogP contribution < -0.4 is 0 Å². The third-order valence-corrected chi connectivity index (χ3v) is 7.63. The van der Waals surface area contributed by atoms with E-state index in [1.807, 2.05) is 6.07 Å². The van der Waals surface area contributed by atoms with Gasteiger partial charge in [-0.1, -0.05) is 20.3 Å². The van der Waals surface area contributed by atoms with Gasteiger partial charge in [0.25, 0.3) is 0 Å². The number of rotatable bonds is 3. The zero-order valence-electron chi connectivity index (χ0n) is 14.9. The van der Waals surface area contributed by atoms with Gasteiger partial charge in [0.1, 0.15) is 6.10 Å². The number of carbonyl (C=O) groups excluding carboxylic acids is 1. The van der Waals surface area contributed by atoms with Crippen molar-refractivity contribution in [2.45, 2.75) is 71.0 Å². The number of furan rings is 1. The second-order valence-electron chi connectivity index (χ2n) is 8.80. The molecule has 1 aromatic heterocycles. The summed E-state index contributed by atoms with van der Waals surface area (Å²) in [5, 5.41) is 11.9. The predicted molar refractivity (Wildman–Crippen MR) is 89.2 cm³/mol. The van der Waals surface area contributed by atoms with Gasteiger partial charge in [-0.15, -0.1) is 0 Å². The molecule has 1 saturated heterocycles. The molecule has 0 spiro atoms. The summed E-state index contributed by atoms with van der Waals surface area (Å²) in [7, 11) is 0. The molecule has 6 atom stereocenters. The molecular weight excluding hydrogens is 304 g/mol. The van der Waals surface area contributed by atoms with Gasteiger partial charge in [0.2, 0.25) is 0 Å². The molecule has 0 bridgehead atoms. The van der Waals surface area contributed by atoms with Crippen LogP contribution in [0.4, 0.5) is 0 Å². The van der Waals surface area contributed by atoms with Gasteiger partial charge < -0.3 is 14.3 Å². The molecule has 2 saturated carbocycles. The Morgan fingerprint density at radius 2 is 2.12 bits per heavy atom. The first-order valence-electron chi connectivity index (χ1n) is 9.26. The largest absolute Gasteiger partial charge is 0.472 e. The van der Waals surface area contributed by atoms with Crippen molar-refractivity contribution in [2.75, 3.05) is 0 Å². The van der Waals surface area contributed by atoms with E-state index in [2.05, 4.69) is 20.8 Å². The normalized spacial score (nSPS) is 47.3. The molecule has 3 fully saturated rings. The van der Waals surface area contributed by atoms with E-state index >= 15 is 0 Å². The quantitative estimate of drug-likeness (QED) is 0.857. The average molecular weight is 332 g/mol. The number of esters is 1. The summed E-state index contributed by atoms with van der Waals surface area (Å²) in [6.07, 6.45) is 8.51. The number of ether oxygens (including phenoxy) is 1. The van der Waals surface area contributed by atoms with E-state index in [-0.39, 0.29) is 29.3 Å². The van der Waals surface area contributed by atoms with Crippen LogP contribution in [0.25, 0.3) is 0 Å². The summed E-state index contributed by atoms with van der Waals surface area (Å²) in [5.41, 5.74) is -0.362. The Bertz CT molecular complexity index is 638. The number of hydrogen-bond acceptors (Lipinski definition) is 4. The highest BCUT2D eigenvalue weighted by atomic mass is 16.6. The van der Waals surface area contributed by atoms with Gasteiger partial charge in [-0.25, -0.2) is 0 Å². The summed E-state index contributed by atoms with van der Waals surface area (Å²) in [6.45, 7) is 6.38. The molecule has 132 valence electrons. The third-order valence-electron chi connectivity index (χ3n) is 7.63. The van der Waals surface area contributed by atoms with Gasteiger partial charge in [-0.2, -0.15) is 0 Å². The topological polar surface area (TPSA) is 59.7 Å². The van der Waals surface area contributed by atoms with Crippen molar-refractivity contribution in [1.82, 2.24) is 0 Å². The highest BCUT2D eigenvalue weighted by Gasteiger charge is 2.70. The van der Waals surface area contributed by atoms with Crippen molar-refractivity contribution in [1.29, 1.82) is 0 Å². The van der Waals surface area contributed by atoms with E-state index in [0.717, 1.165) is 37.7 Å². The highest BCUT2D eigenvalue weighted by Crippen LogP contribution is 2.67. The van der Waals surface area contributed by atoms with E-state index < -0.39 is 11.0 Å². The molecule has 4 rings (SSSR count). The molecule has 4 nitrogen and oxygen atoms in total. The van der Waals surface area contributed by atoms with Crippen molar-refractivity contribution in [3.63, 3.8) is 0 Å². The van der Waals surface area contributed by atoms with Gasteiger partial charge in [-0.3, -0.25) is 4.79 Å². The van der Waals surface area contributed by atoms with E-state index in [0.29, 0.717) is 6.42 Å². The lowest BCUT2D eigenvalue weighted by Crippen LogP contribution is -2.65. The Labute approximate surface area is 143 Å². The van der Waals surface area contributed by atoms with Crippen molar-refractivity contribution < 1.29 is 19.1 Å². The minimum Gasteiger partial charge on any atom is -0.472 e. The lowest BCUT2D eigenvalue weighted by Gasteiger charge is -2.61. The molecule has 24 heavy (non-hydrogen) atoms. The van der Waals surface area contributed by atoms with Gasteiger partial charge in [0.05, 0.1) is 23.5 Å². The van der Waals surface area contributed by atoms with Crippen LogP contribution >= 0.6 is 0 Å². The fourth-order valence-corrected chi connectivity index (χ4v) is 6.30. The summed E-state index contributed by atoms with van der Waals surface area (Å²) in [5.74, 6) is 0.190. The highest BCUT2D eigenvalue weighted by molar-refractivity contribution is 5.80. The van der Waals surface area contributed by atoms with Crippen LogP contribution in [0.2, 0.25) is 0 Å². The van der Waals surface area contributed by atoms with Crippen molar-refractivity contribution >= 4 is 5.97 Å². The first-order valence-corrected chi connectivity index (χ1v) is 9.26. The number of carbonyl (C=O) groups is 1. The minimum absolute atomic E-state index is 0.0306. The molecule has 2 aliphatic carbocycles. The fourth-order valence-electron chi connectivity index (χ4n) is 6.30. The maximum Gasteiger partial charge on any atom is 0.312 e. The molecule has 2 heterocycles. The molecule has 0 aromatic carbocycles. The van der Waals surface area contributed by atoms with Gasteiger partial charge in [0.15, 0.2) is 0 Å². The van der Waals surface area contributed by atoms with E-state index in [9.17, 15) is 9.90 Å². The molecule has 0 radical (unpaired) electrons. The standard InChI is InChI=1S/C20H28O4/c1-13-11-15-16-18(2,17(21)24-15)7-4-8-19(16,3)20(13,22)9-5-14-6-10-23-12-14/h6,10,12-13,15-16,22H,4-5,7-9,11H2,1-3H3/t13-,15-,16?,18+,19-,20-/m1/s1. The maximum absolute atomic E-state index is 12.6. The Hall–Kier alpha value is -1.29. The second kappa shape index (κ2) is 5.10. The maximum atomic E-state index is 12.6. The third kappa shape index (κ3) is 1.92. The van der Waals surface area contributed by atoms with E-state index in [4.69, 9.17) is 9.15 Å². The molecule has 1 unspecified atom stereocenters. The molecular formula is C20H28O4. The molecule has 3 aliphatic rings. The Balaban J connectivity index is 1.70. The SMILES string of the molecule is C[C@@H]1C[C@H]2OC(=O)[C@@]3(C)CCC[C@](C)(C23)[C@@]1(O)CCc1ccoc1. The van der Waals surface area contributed by atoms with Gasteiger partial charge in [-0.05, 0) is 56.6 Å². The first kappa shape index (κ1) is 16.2. The summed E-state index contributed by atoms with van der Waals surface area (Å²) < 4.78 is 11.0. The van der Waals surface area contributed by atoms with E-state index in [1.165, 1.54) is 0 Å². The number of aryl methyl sites for hydroxylation is 1. The first-order chi connectivity index (χ1) is 11.3. The Morgan fingerprint density at radius 1 is 1.33 bits per heavy atom. The summed E-state index contributed by atoms with van der Waals surface area (Å²) in [4.78, 5) is 12.6. The molecule has 1 aliphatic heterocycles. The van der Waals surface area contributed by atoms with E-state index in [1.54, 1.807) is 12.5 Å². The number of hydrogen-bond donors (Lipinski definition) is 1. The van der Waals surface area contributed by atoms with Crippen LogP contribution in [0.15, 0.2) is 23.0 Å². The Kier molecular flexibility index (Phi) is 3.44. The minimum atomic E-state index is -0.777. The molecule has 4 heteroatoms. The smallest absolute Gasteiger partial charge is 0.312 e. The van der Waals surface area contributed by atoms with Crippen LogP contribution in [0.3, 0.4) is 0 Å². The monoisotopic (exact) mass is 332 g/mol. The molecule has 0 amide bonds. The second-order valence-corrected chi connectivity index (χ2v) is 8.80. The fraction of sp³-hybridized carbons (Fsp3) is 0.750. The van der Waals surface area contributed by atoms with Crippen LogP contribution in [0.1, 0.15) is 58.4 Å². The van der Waals surface area contributed by atoms with Gasteiger partial charge >= 0.3 is 5.97 Å². The average Bonchev–Trinajstić information content (AvgIpc) is 3.12. The zero-order chi connectivity index (χ0) is 17.2. The zero-order valence-corrected chi connectivity index (χ0v) is 14.9. The lowest BCUT2D eigenvalue weighted by molar-refractivity contribution is -0.217.